The average molecular weight is 407 g/mol. The Kier molecular flexibility index (Phi) is 5.23. The highest BCUT2D eigenvalue weighted by Crippen LogP contribution is 2.37. The van der Waals surface area contributed by atoms with Gasteiger partial charge in [0.25, 0.3) is 0 Å². The normalized spacial score (nSPS) is 10.8. The molecule has 0 unspecified atom stereocenters. The molecule has 2 aromatic carbocycles. The summed E-state index contributed by atoms with van der Waals surface area (Å²) >= 11 is 6.39. The largest absolute Gasteiger partial charge is 0.493 e. The highest BCUT2D eigenvalue weighted by molar-refractivity contribution is 6.33. The first kappa shape index (κ1) is 19.0. The van der Waals surface area contributed by atoms with Crippen LogP contribution in [0.4, 0.5) is 0 Å². The Morgan fingerprint density at radius 2 is 1.55 bits per heavy atom. The van der Waals surface area contributed by atoms with Crippen LogP contribution in [-0.4, -0.2) is 24.2 Å². The number of benzene rings is 2. The van der Waals surface area contributed by atoms with Gasteiger partial charge in [0.15, 0.2) is 17.2 Å². The number of rotatable bonds is 5. The van der Waals surface area contributed by atoms with Gasteiger partial charge in [-0.25, -0.2) is 9.97 Å². The Bertz CT molecular complexity index is 1190. The van der Waals surface area contributed by atoms with Crippen molar-refractivity contribution >= 4 is 22.5 Å². The molecule has 0 aliphatic heterocycles. The molecule has 5 nitrogen and oxygen atoms in total. The molecule has 0 spiro atoms. The van der Waals surface area contributed by atoms with Crippen LogP contribution in [0.2, 0.25) is 5.02 Å². The van der Waals surface area contributed by atoms with E-state index in [9.17, 15) is 0 Å². The van der Waals surface area contributed by atoms with Crippen LogP contribution in [0.3, 0.4) is 0 Å². The number of fused-ring (bicyclic) bond motifs is 1. The molecule has 4 rings (SSSR count). The van der Waals surface area contributed by atoms with Gasteiger partial charge in [0.1, 0.15) is 5.69 Å². The second-order valence-electron chi connectivity index (χ2n) is 6.43. The molecule has 0 saturated carbocycles. The first-order valence-electron chi connectivity index (χ1n) is 9.02. The van der Waals surface area contributed by atoms with Crippen LogP contribution in [0.1, 0.15) is 5.69 Å². The second kappa shape index (κ2) is 7.97. The van der Waals surface area contributed by atoms with E-state index in [1.807, 2.05) is 67.6 Å². The van der Waals surface area contributed by atoms with E-state index in [0.717, 1.165) is 22.2 Å². The quantitative estimate of drug-likeness (QED) is 0.402. The van der Waals surface area contributed by atoms with Crippen molar-refractivity contribution in [1.82, 2.24) is 9.97 Å². The molecule has 0 saturated heterocycles. The number of aryl methyl sites for hydroxylation is 1. The summed E-state index contributed by atoms with van der Waals surface area (Å²) in [5.74, 6) is 2.29. The Balaban J connectivity index is 1.76. The number of halogens is 1. The summed E-state index contributed by atoms with van der Waals surface area (Å²) in [5.41, 5.74) is 3.08. The number of pyridine rings is 2. The number of hydrogen-bond donors (Lipinski definition) is 0. The number of methoxy groups -OCH3 is 2. The molecule has 6 heteroatoms. The molecule has 2 aromatic heterocycles. The third kappa shape index (κ3) is 3.82. The fraction of sp³-hybridized carbons (Fsp3) is 0.130. The Morgan fingerprint density at radius 1 is 0.793 bits per heavy atom. The van der Waals surface area contributed by atoms with Gasteiger partial charge in [-0.2, -0.15) is 0 Å². The van der Waals surface area contributed by atoms with Crippen molar-refractivity contribution in [3.63, 3.8) is 0 Å². The third-order valence-electron chi connectivity index (χ3n) is 4.51. The van der Waals surface area contributed by atoms with E-state index in [4.69, 9.17) is 25.8 Å². The zero-order valence-corrected chi connectivity index (χ0v) is 17.0. The summed E-state index contributed by atoms with van der Waals surface area (Å²) in [5, 5.41) is 1.53. The van der Waals surface area contributed by atoms with Gasteiger partial charge in [0.2, 0.25) is 5.88 Å². The van der Waals surface area contributed by atoms with Crippen LogP contribution in [0.5, 0.6) is 23.1 Å². The van der Waals surface area contributed by atoms with Crippen LogP contribution < -0.4 is 14.2 Å². The summed E-state index contributed by atoms with van der Waals surface area (Å²) in [6.07, 6.45) is 0. The van der Waals surface area contributed by atoms with Crippen LogP contribution >= 0.6 is 11.6 Å². The summed E-state index contributed by atoms with van der Waals surface area (Å²) in [6, 6.07) is 18.8. The molecule has 0 aliphatic rings. The molecule has 0 radical (unpaired) electrons. The van der Waals surface area contributed by atoms with E-state index in [-0.39, 0.29) is 0 Å². The smallest absolute Gasteiger partial charge is 0.219 e. The SMILES string of the molecule is COc1cc2ccc(Oc3ccc(C)nc3-c3ccccc3Cl)nc2cc1OC. The molecule has 0 amide bonds. The minimum atomic E-state index is 0.448. The van der Waals surface area contributed by atoms with Gasteiger partial charge in [0.05, 0.1) is 24.8 Å². The highest BCUT2D eigenvalue weighted by atomic mass is 35.5. The van der Waals surface area contributed by atoms with Gasteiger partial charge < -0.3 is 14.2 Å². The Hall–Kier alpha value is -3.31. The number of aromatic nitrogens is 2. The van der Waals surface area contributed by atoms with E-state index in [1.54, 1.807) is 14.2 Å². The lowest BCUT2D eigenvalue weighted by atomic mass is 10.1. The maximum atomic E-state index is 6.39. The van der Waals surface area contributed by atoms with Crippen LogP contribution in [0.15, 0.2) is 60.7 Å². The van der Waals surface area contributed by atoms with Gasteiger partial charge in [-0.3, -0.25) is 0 Å². The minimum Gasteiger partial charge on any atom is -0.493 e. The van der Waals surface area contributed by atoms with E-state index in [1.165, 1.54) is 0 Å². The number of ether oxygens (including phenoxy) is 3. The van der Waals surface area contributed by atoms with Gasteiger partial charge in [-0.05, 0) is 37.3 Å². The topological polar surface area (TPSA) is 53.5 Å². The molecule has 0 bridgehead atoms. The Morgan fingerprint density at radius 3 is 2.31 bits per heavy atom. The van der Waals surface area contributed by atoms with Crippen molar-refractivity contribution in [3.8, 4) is 34.4 Å². The summed E-state index contributed by atoms with van der Waals surface area (Å²) in [6.45, 7) is 1.93. The van der Waals surface area contributed by atoms with Gasteiger partial charge in [0, 0.05) is 28.8 Å². The number of hydrogen-bond acceptors (Lipinski definition) is 5. The molecule has 0 N–H and O–H groups in total. The molecule has 0 atom stereocenters. The molecule has 4 aromatic rings. The van der Waals surface area contributed by atoms with Crippen LogP contribution in [-0.2, 0) is 0 Å². The van der Waals surface area contributed by atoms with Gasteiger partial charge in [-0.1, -0.05) is 29.8 Å². The first-order chi connectivity index (χ1) is 14.1. The van der Waals surface area contributed by atoms with Crippen molar-refractivity contribution in [2.24, 2.45) is 0 Å². The van der Waals surface area contributed by atoms with E-state index >= 15 is 0 Å². The standard InChI is InChI=1S/C23H19ClN2O3/c1-14-8-10-19(23(25-14)16-6-4-5-7-17(16)24)29-22-11-9-15-12-20(27-2)21(28-3)13-18(15)26-22/h4-13H,1-3H3. The lowest BCUT2D eigenvalue weighted by Gasteiger charge is -2.13. The Labute approximate surface area is 173 Å². The fourth-order valence-corrected chi connectivity index (χ4v) is 3.30. The van der Waals surface area contributed by atoms with Crippen LogP contribution in [0.25, 0.3) is 22.2 Å². The molecule has 29 heavy (non-hydrogen) atoms. The fourth-order valence-electron chi connectivity index (χ4n) is 3.07. The van der Waals surface area contributed by atoms with Crippen LogP contribution in [0, 0.1) is 6.92 Å². The molecular weight excluding hydrogens is 388 g/mol. The predicted octanol–water partition coefficient (Wildman–Crippen LogP) is 6.07. The van der Waals surface area contributed by atoms with Gasteiger partial charge >= 0.3 is 0 Å². The van der Waals surface area contributed by atoms with Gasteiger partial charge in [-0.15, -0.1) is 0 Å². The summed E-state index contributed by atoms with van der Waals surface area (Å²) in [4.78, 5) is 9.25. The van der Waals surface area contributed by atoms with E-state index in [2.05, 4.69) is 9.97 Å². The van der Waals surface area contributed by atoms with Crippen molar-refractivity contribution in [2.45, 2.75) is 6.92 Å². The summed E-state index contributed by atoms with van der Waals surface area (Å²) in [7, 11) is 3.20. The van der Waals surface area contributed by atoms with Crippen molar-refractivity contribution < 1.29 is 14.2 Å². The lowest BCUT2D eigenvalue weighted by Crippen LogP contribution is -1.96. The lowest BCUT2D eigenvalue weighted by molar-refractivity contribution is 0.355. The maximum Gasteiger partial charge on any atom is 0.219 e. The molecular formula is C23H19ClN2O3. The first-order valence-corrected chi connectivity index (χ1v) is 9.40. The van der Waals surface area contributed by atoms with E-state index in [0.29, 0.717) is 33.8 Å². The average Bonchev–Trinajstić information content (AvgIpc) is 2.74. The molecule has 2 heterocycles. The second-order valence-corrected chi connectivity index (χ2v) is 6.84. The maximum absolute atomic E-state index is 6.39. The summed E-state index contributed by atoms with van der Waals surface area (Å²) < 4.78 is 16.8. The molecule has 146 valence electrons. The molecule has 0 aliphatic carbocycles. The van der Waals surface area contributed by atoms with Crippen molar-refractivity contribution in [1.29, 1.82) is 0 Å². The van der Waals surface area contributed by atoms with Crippen molar-refractivity contribution in [3.05, 3.63) is 71.4 Å². The third-order valence-corrected chi connectivity index (χ3v) is 4.84. The number of nitrogens with zero attached hydrogens (tertiary/aromatic N) is 2. The minimum absolute atomic E-state index is 0.448. The van der Waals surface area contributed by atoms with E-state index < -0.39 is 0 Å². The molecule has 0 fully saturated rings. The van der Waals surface area contributed by atoms with Crippen molar-refractivity contribution in [2.75, 3.05) is 14.2 Å². The monoisotopic (exact) mass is 406 g/mol. The highest BCUT2D eigenvalue weighted by Gasteiger charge is 2.14. The zero-order valence-electron chi connectivity index (χ0n) is 16.3. The zero-order chi connectivity index (χ0) is 20.4. The predicted molar refractivity (Wildman–Crippen MR) is 114 cm³/mol.